The lowest BCUT2D eigenvalue weighted by atomic mass is 9.43. The van der Waals surface area contributed by atoms with Crippen LogP contribution in [0, 0.1) is 17.9 Å². The van der Waals surface area contributed by atoms with Crippen LogP contribution in [0.25, 0.3) is 4.85 Å². The number of benzene rings is 3. The molecule has 6 heteroatoms. The van der Waals surface area contributed by atoms with E-state index in [1.165, 1.54) is 45.8 Å². The fourth-order valence-electron chi connectivity index (χ4n) is 6.19. The normalized spacial score (nSPS) is 26.5. The molecule has 146 valence electrons. The summed E-state index contributed by atoms with van der Waals surface area (Å²) in [7, 11) is 0. The summed E-state index contributed by atoms with van der Waals surface area (Å²) in [4.78, 5) is 4.41. The van der Waals surface area contributed by atoms with E-state index in [-0.39, 0.29) is 34.4 Å². The molecule has 0 fully saturated rings. The third kappa shape index (κ3) is 1.67. The number of nitriles is 1. The summed E-state index contributed by atoms with van der Waals surface area (Å²) in [6.07, 6.45) is 0. The van der Waals surface area contributed by atoms with Crippen LogP contribution >= 0.6 is 23.5 Å². The van der Waals surface area contributed by atoms with Crippen molar-refractivity contribution in [2.75, 3.05) is 0 Å². The van der Waals surface area contributed by atoms with Gasteiger partial charge in [-0.05, 0) is 22.3 Å². The Morgan fingerprint density at radius 1 is 0.903 bits per heavy atom. The molecule has 4 nitrogen and oxygen atoms in total. The summed E-state index contributed by atoms with van der Waals surface area (Å²) in [5, 5.41) is 32.2. The maximum absolute atomic E-state index is 11.5. The molecule has 3 aromatic rings. The molecule has 2 unspecified atom stereocenters. The van der Waals surface area contributed by atoms with Gasteiger partial charge in [0.1, 0.15) is 11.5 Å². The summed E-state index contributed by atoms with van der Waals surface area (Å²) in [6.45, 7) is 7.26. The first-order chi connectivity index (χ1) is 15.1. The quantitative estimate of drug-likeness (QED) is 0.265. The molecule has 1 spiro atoms. The number of fused-ring (bicyclic) bond motifs is 8. The number of phenols is 2. The van der Waals surface area contributed by atoms with E-state index in [1.807, 2.05) is 18.2 Å². The van der Waals surface area contributed by atoms with Gasteiger partial charge >= 0.3 is 0 Å². The van der Waals surface area contributed by atoms with Crippen LogP contribution in [-0.4, -0.2) is 10.2 Å². The number of hydrogen-bond donors (Lipinski definition) is 2. The van der Waals surface area contributed by atoms with Crippen LogP contribution in [-0.2, 0) is 5.41 Å². The Kier molecular flexibility index (Phi) is 3.07. The Bertz CT molecular complexity index is 1400. The van der Waals surface area contributed by atoms with Crippen molar-refractivity contribution in [3.8, 4) is 17.6 Å². The number of nitrogens with zero attached hydrogens (tertiary/aromatic N) is 2. The van der Waals surface area contributed by atoms with Gasteiger partial charge < -0.3 is 10.2 Å². The third-order valence-corrected chi connectivity index (χ3v) is 9.75. The Hall–Kier alpha value is -3.32. The van der Waals surface area contributed by atoms with Gasteiger partial charge in [-0.3, -0.25) is 0 Å². The van der Waals surface area contributed by atoms with Gasteiger partial charge in [0, 0.05) is 28.4 Å². The third-order valence-electron chi connectivity index (χ3n) is 7.16. The number of allylic oxidation sites excluding steroid dienone is 1. The van der Waals surface area contributed by atoms with Gasteiger partial charge in [-0.2, -0.15) is 0 Å². The van der Waals surface area contributed by atoms with Crippen LogP contribution in [0.4, 0.5) is 0 Å². The number of aromatic hydroxyl groups is 2. The first-order valence-corrected chi connectivity index (χ1v) is 11.5. The van der Waals surface area contributed by atoms with E-state index in [0.717, 1.165) is 11.1 Å². The molecule has 4 aliphatic rings. The summed E-state index contributed by atoms with van der Waals surface area (Å²) in [5.41, 5.74) is 6.29. The van der Waals surface area contributed by atoms with Crippen LogP contribution in [0.3, 0.4) is 0 Å². The molecule has 0 aromatic heterocycles. The van der Waals surface area contributed by atoms with E-state index in [4.69, 9.17) is 6.57 Å². The second kappa shape index (κ2) is 5.48. The number of phenolic OH excluding ortho intramolecular Hbond substituents is 2. The minimum Gasteiger partial charge on any atom is -0.506 e. The largest absolute Gasteiger partial charge is 0.506 e. The van der Waals surface area contributed by atoms with Crippen molar-refractivity contribution in [3.63, 3.8) is 0 Å². The van der Waals surface area contributed by atoms with E-state index in [2.05, 4.69) is 41.2 Å². The van der Waals surface area contributed by atoms with Crippen LogP contribution in [0.1, 0.15) is 45.2 Å². The first-order valence-electron chi connectivity index (χ1n) is 9.82. The minimum absolute atomic E-state index is 0.00951. The van der Waals surface area contributed by atoms with Crippen molar-refractivity contribution in [2.45, 2.75) is 27.0 Å². The fraction of sp³-hybridized carbons (Fsp3) is 0.120. The van der Waals surface area contributed by atoms with Crippen LogP contribution in [0.15, 0.2) is 68.3 Å². The predicted molar refractivity (Wildman–Crippen MR) is 118 cm³/mol. The van der Waals surface area contributed by atoms with Crippen molar-refractivity contribution < 1.29 is 10.2 Å². The van der Waals surface area contributed by atoms with Crippen molar-refractivity contribution in [2.24, 2.45) is 0 Å². The molecular formula is C25H12N2O2S2. The average molecular weight is 437 g/mol. The van der Waals surface area contributed by atoms with Crippen molar-refractivity contribution in [1.29, 1.82) is 5.26 Å². The number of rotatable bonds is 0. The lowest BCUT2D eigenvalue weighted by molar-refractivity contribution is 0.325. The molecule has 3 atom stereocenters. The lowest BCUT2D eigenvalue weighted by Crippen LogP contribution is -2.52. The molecule has 0 bridgehead atoms. The zero-order chi connectivity index (χ0) is 21.1. The standard InChI is InChI=1S/C25H12N2O2S2/c1-27-15(10-26)24-30-22-20(28)16-17(21(29)23(22)31-24)19-12-7-3-5-9-14(12)25(19)13-8-4-2-6-11(13)18(16)25/h2-9,18-19,28-29H/t18-,19?,25?/m0/s1. The highest BCUT2D eigenvalue weighted by Crippen LogP contribution is 2.80. The highest BCUT2D eigenvalue weighted by atomic mass is 32.2. The molecule has 0 saturated carbocycles. The molecule has 0 radical (unpaired) electrons. The summed E-state index contributed by atoms with van der Waals surface area (Å²) >= 11 is 2.42. The molecule has 3 aromatic carbocycles. The SMILES string of the molecule is [C-]#[N+]C(C#N)=C1Sc2c(O)c3c(c(O)c2S1)[C@@H]1c2ccccc2C12c1ccccc1C32. The Morgan fingerprint density at radius 2 is 1.39 bits per heavy atom. The van der Waals surface area contributed by atoms with Gasteiger partial charge in [0.15, 0.2) is 0 Å². The van der Waals surface area contributed by atoms with E-state index in [9.17, 15) is 15.5 Å². The van der Waals surface area contributed by atoms with E-state index in [1.54, 1.807) is 0 Å². The molecule has 1 aliphatic heterocycles. The van der Waals surface area contributed by atoms with E-state index >= 15 is 0 Å². The highest BCUT2D eigenvalue weighted by Gasteiger charge is 2.71. The van der Waals surface area contributed by atoms with Gasteiger partial charge in [-0.15, -0.1) is 0 Å². The van der Waals surface area contributed by atoms with Gasteiger partial charge in [0.2, 0.25) is 0 Å². The van der Waals surface area contributed by atoms with Crippen molar-refractivity contribution >= 4 is 23.5 Å². The summed E-state index contributed by atoms with van der Waals surface area (Å²) in [6, 6.07) is 18.6. The smallest absolute Gasteiger partial charge is 0.282 e. The minimum atomic E-state index is -0.234. The van der Waals surface area contributed by atoms with Gasteiger partial charge in [0.25, 0.3) is 5.70 Å². The van der Waals surface area contributed by atoms with Crippen LogP contribution in [0.2, 0.25) is 0 Å². The first kappa shape index (κ1) is 17.4. The molecule has 3 aliphatic carbocycles. The summed E-state index contributed by atoms with van der Waals surface area (Å²) in [5.74, 6) is 0.336. The van der Waals surface area contributed by atoms with Crippen molar-refractivity contribution in [1.82, 2.24) is 0 Å². The van der Waals surface area contributed by atoms with E-state index in [0.29, 0.717) is 14.0 Å². The zero-order valence-corrected chi connectivity index (χ0v) is 17.5. The lowest BCUT2D eigenvalue weighted by Gasteiger charge is -2.58. The molecule has 31 heavy (non-hydrogen) atoms. The number of hydrogen-bond acceptors (Lipinski definition) is 5. The Balaban J connectivity index is 1.55. The Morgan fingerprint density at radius 3 is 1.84 bits per heavy atom. The fourth-order valence-corrected chi connectivity index (χ4v) is 8.65. The highest BCUT2D eigenvalue weighted by molar-refractivity contribution is 8.24. The molecule has 0 saturated heterocycles. The molecule has 1 heterocycles. The summed E-state index contributed by atoms with van der Waals surface area (Å²) < 4.78 is 0.510. The topological polar surface area (TPSA) is 68.6 Å². The van der Waals surface area contributed by atoms with E-state index < -0.39 is 0 Å². The molecule has 0 amide bonds. The maximum Gasteiger partial charge on any atom is 0.282 e. The maximum atomic E-state index is 11.5. The van der Waals surface area contributed by atoms with Crippen LogP contribution in [0.5, 0.6) is 11.5 Å². The zero-order valence-electron chi connectivity index (χ0n) is 15.9. The molecule has 2 N–H and O–H groups in total. The second-order valence-corrected chi connectivity index (χ2v) is 10.5. The van der Waals surface area contributed by atoms with Gasteiger partial charge in [-0.25, -0.2) is 10.1 Å². The molecular weight excluding hydrogens is 424 g/mol. The van der Waals surface area contributed by atoms with Crippen LogP contribution < -0.4 is 0 Å². The molecule has 7 rings (SSSR count). The van der Waals surface area contributed by atoms with Gasteiger partial charge in [-0.1, -0.05) is 72.1 Å². The monoisotopic (exact) mass is 436 g/mol. The average Bonchev–Trinajstić information content (AvgIpc) is 3.30. The number of thioether (sulfide) groups is 2. The van der Waals surface area contributed by atoms with Crippen molar-refractivity contribution in [3.05, 3.63) is 103 Å². The Labute approximate surface area is 186 Å². The van der Waals surface area contributed by atoms with Gasteiger partial charge in [0.05, 0.1) is 26.7 Å². The predicted octanol–water partition coefficient (Wildman–Crippen LogP) is 5.80. The second-order valence-electron chi connectivity index (χ2n) is 8.16.